The number of ether oxygens (including phenoxy) is 1. The fourth-order valence-corrected chi connectivity index (χ4v) is 2.77. The van der Waals surface area contributed by atoms with E-state index in [9.17, 15) is 5.11 Å². The molecule has 2 bridgehead atoms. The van der Waals surface area contributed by atoms with Gasteiger partial charge in [-0.15, -0.1) is 0 Å². The van der Waals surface area contributed by atoms with Gasteiger partial charge in [0, 0.05) is 11.8 Å². The maximum Gasteiger partial charge on any atom is 0.0655 e. The van der Waals surface area contributed by atoms with E-state index < -0.39 is 0 Å². The Hall–Kier alpha value is -0.0800. The third-order valence-electron chi connectivity index (χ3n) is 3.68. The summed E-state index contributed by atoms with van der Waals surface area (Å²) in [5.41, 5.74) is 0. The Kier molecular flexibility index (Phi) is 1.92. The Bertz CT molecular complexity index is 176. The zero-order valence-electron chi connectivity index (χ0n) is 8.03. The van der Waals surface area contributed by atoms with Gasteiger partial charge < -0.3 is 9.84 Å². The number of rotatable bonds is 0. The Balaban J connectivity index is 2.20. The second-order valence-electron chi connectivity index (χ2n) is 4.56. The molecule has 0 saturated carbocycles. The van der Waals surface area contributed by atoms with Gasteiger partial charge in [-0.05, 0) is 12.3 Å². The molecule has 2 aliphatic rings. The van der Waals surface area contributed by atoms with Crippen LogP contribution in [0.3, 0.4) is 0 Å². The Labute approximate surface area is 73.9 Å². The van der Waals surface area contributed by atoms with Gasteiger partial charge in [0.05, 0.1) is 18.3 Å². The zero-order chi connectivity index (χ0) is 8.88. The molecule has 0 amide bonds. The standard InChI is InChI=1S/C10H18O2/c1-5-4-8-6(2)9(11)7(3)10(5)12-8/h5-11H,4H2,1-3H3/t5-,6?,7+,8-,9?,10+/m1/s1. The number of aliphatic hydroxyl groups excluding tert-OH is 1. The summed E-state index contributed by atoms with van der Waals surface area (Å²) in [7, 11) is 0. The van der Waals surface area contributed by atoms with Crippen LogP contribution < -0.4 is 0 Å². The molecule has 0 aromatic heterocycles. The van der Waals surface area contributed by atoms with Crippen LogP contribution in [0.15, 0.2) is 0 Å². The SMILES string of the molecule is CC1C(O)[C@H](C)[C@H]2O[C@@H]1C[C@H]2C. The summed E-state index contributed by atoms with van der Waals surface area (Å²) in [6.45, 7) is 6.43. The van der Waals surface area contributed by atoms with Gasteiger partial charge in [0.2, 0.25) is 0 Å². The van der Waals surface area contributed by atoms with E-state index in [0.29, 0.717) is 30.0 Å². The van der Waals surface area contributed by atoms with Crippen LogP contribution in [0.4, 0.5) is 0 Å². The van der Waals surface area contributed by atoms with Crippen molar-refractivity contribution in [1.82, 2.24) is 0 Å². The summed E-state index contributed by atoms with van der Waals surface area (Å²) < 4.78 is 5.84. The summed E-state index contributed by atoms with van der Waals surface area (Å²) in [6.07, 6.45) is 1.60. The molecule has 0 radical (unpaired) electrons. The highest BCUT2D eigenvalue weighted by molar-refractivity contribution is 4.96. The molecular formula is C10H18O2. The molecule has 2 rings (SSSR count). The van der Waals surface area contributed by atoms with Crippen molar-refractivity contribution < 1.29 is 9.84 Å². The first-order valence-electron chi connectivity index (χ1n) is 4.94. The average Bonchev–Trinajstić information content (AvgIpc) is 2.39. The first kappa shape index (κ1) is 8.52. The molecule has 0 spiro atoms. The highest BCUT2D eigenvalue weighted by Gasteiger charge is 2.48. The molecule has 2 unspecified atom stereocenters. The van der Waals surface area contributed by atoms with Gasteiger partial charge in [0.25, 0.3) is 0 Å². The number of hydrogen-bond donors (Lipinski definition) is 1. The van der Waals surface area contributed by atoms with Gasteiger partial charge in [-0.1, -0.05) is 20.8 Å². The molecule has 0 aromatic rings. The molecule has 2 nitrogen and oxygen atoms in total. The normalized spacial score (nSPS) is 59.0. The van der Waals surface area contributed by atoms with Crippen molar-refractivity contribution in [3.05, 3.63) is 0 Å². The molecule has 2 heteroatoms. The van der Waals surface area contributed by atoms with Crippen LogP contribution in [-0.4, -0.2) is 23.4 Å². The summed E-state index contributed by atoms with van der Waals surface area (Å²) in [6, 6.07) is 0. The van der Waals surface area contributed by atoms with E-state index in [1.165, 1.54) is 0 Å². The smallest absolute Gasteiger partial charge is 0.0655 e. The van der Waals surface area contributed by atoms with E-state index >= 15 is 0 Å². The van der Waals surface area contributed by atoms with Gasteiger partial charge >= 0.3 is 0 Å². The maximum absolute atomic E-state index is 9.86. The van der Waals surface area contributed by atoms with Crippen LogP contribution >= 0.6 is 0 Å². The predicted molar refractivity (Wildman–Crippen MR) is 46.8 cm³/mol. The quantitative estimate of drug-likeness (QED) is 0.596. The average molecular weight is 170 g/mol. The lowest BCUT2D eigenvalue weighted by molar-refractivity contribution is -0.131. The summed E-state index contributed by atoms with van der Waals surface area (Å²) >= 11 is 0. The maximum atomic E-state index is 9.86. The van der Waals surface area contributed by atoms with E-state index in [0.717, 1.165) is 6.42 Å². The monoisotopic (exact) mass is 170 g/mol. The van der Waals surface area contributed by atoms with Crippen LogP contribution in [-0.2, 0) is 4.74 Å². The molecule has 2 heterocycles. The third kappa shape index (κ3) is 1.01. The number of fused-ring (bicyclic) bond motifs is 2. The van der Waals surface area contributed by atoms with Gasteiger partial charge in [-0.3, -0.25) is 0 Å². The fourth-order valence-electron chi connectivity index (χ4n) is 2.77. The van der Waals surface area contributed by atoms with E-state index in [-0.39, 0.29) is 6.10 Å². The van der Waals surface area contributed by atoms with Gasteiger partial charge in [-0.25, -0.2) is 0 Å². The fraction of sp³-hybridized carbons (Fsp3) is 1.00. The first-order chi connectivity index (χ1) is 5.61. The highest BCUT2D eigenvalue weighted by Crippen LogP contribution is 2.42. The minimum Gasteiger partial charge on any atom is -0.392 e. The molecular weight excluding hydrogens is 152 g/mol. The van der Waals surface area contributed by atoms with Gasteiger partial charge in [0.1, 0.15) is 0 Å². The van der Waals surface area contributed by atoms with Crippen molar-refractivity contribution >= 4 is 0 Å². The zero-order valence-corrected chi connectivity index (χ0v) is 8.03. The van der Waals surface area contributed by atoms with Crippen molar-refractivity contribution in [2.45, 2.75) is 45.5 Å². The summed E-state index contributed by atoms with van der Waals surface area (Å²) in [5, 5.41) is 9.86. The van der Waals surface area contributed by atoms with Crippen LogP contribution in [0.2, 0.25) is 0 Å². The van der Waals surface area contributed by atoms with Crippen molar-refractivity contribution in [2.75, 3.05) is 0 Å². The summed E-state index contributed by atoms with van der Waals surface area (Å²) in [5.74, 6) is 1.26. The topological polar surface area (TPSA) is 29.5 Å². The second kappa shape index (κ2) is 2.71. The number of aliphatic hydroxyl groups is 1. The van der Waals surface area contributed by atoms with Crippen LogP contribution in [0, 0.1) is 17.8 Å². The van der Waals surface area contributed by atoms with Crippen molar-refractivity contribution in [2.24, 2.45) is 17.8 Å². The van der Waals surface area contributed by atoms with Crippen molar-refractivity contribution in [3.8, 4) is 0 Å². The predicted octanol–water partition coefficient (Wildman–Crippen LogP) is 1.43. The Morgan fingerprint density at radius 3 is 2.50 bits per heavy atom. The summed E-state index contributed by atoms with van der Waals surface area (Å²) in [4.78, 5) is 0. The second-order valence-corrected chi connectivity index (χ2v) is 4.56. The Morgan fingerprint density at radius 1 is 1.17 bits per heavy atom. The van der Waals surface area contributed by atoms with E-state index in [4.69, 9.17) is 4.74 Å². The molecule has 6 atom stereocenters. The minimum absolute atomic E-state index is 0.154. The van der Waals surface area contributed by atoms with E-state index in [2.05, 4.69) is 20.8 Å². The minimum atomic E-state index is -0.154. The molecule has 2 fully saturated rings. The number of hydrogen-bond acceptors (Lipinski definition) is 2. The van der Waals surface area contributed by atoms with Crippen LogP contribution in [0.1, 0.15) is 27.2 Å². The molecule has 1 N–H and O–H groups in total. The Morgan fingerprint density at radius 2 is 1.83 bits per heavy atom. The van der Waals surface area contributed by atoms with Crippen molar-refractivity contribution in [3.63, 3.8) is 0 Å². The lowest BCUT2D eigenvalue weighted by Gasteiger charge is -2.37. The molecule has 2 saturated heterocycles. The van der Waals surface area contributed by atoms with Crippen LogP contribution in [0.25, 0.3) is 0 Å². The molecule has 0 aromatic carbocycles. The molecule has 2 aliphatic heterocycles. The lowest BCUT2D eigenvalue weighted by Crippen LogP contribution is -2.44. The largest absolute Gasteiger partial charge is 0.392 e. The van der Waals surface area contributed by atoms with E-state index in [1.54, 1.807) is 0 Å². The molecule has 12 heavy (non-hydrogen) atoms. The molecule has 70 valence electrons. The molecule has 0 aliphatic carbocycles. The van der Waals surface area contributed by atoms with Crippen LogP contribution in [0.5, 0.6) is 0 Å². The third-order valence-corrected chi connectivity index (χ3v) is 3.68. The van der Waals surface area contributed by atoms with Gasteiger partial charge in [-0.2, -0.15) is 0 Å². The van der Waals surface area contributed by atoms with Gasteiger partial charge in [0.15, 0.2) is 0 Å². The van der Waals surface area contributed by atoms with Crippen molar-refractivity contribution in [1.29, 1.82) is 0 Å². The lowest BCUT2D eigenvalue weighted by atomic mass is 9.86. The highest BCUT2D eigenvalue weighted by atomic mass is 16.5. The first-order valence-corrected chi connectivity index (χ1v) is 4.94. The van der Waals surface area contributed by atoms with E-state index in [1.807, 2.05) is 0 Å².